The van der Waals surface area contributed by atoms with E-state index in [1.54, 1.807) is 0 Å². The maximum atomic E-state index is 13.5. The van der Waals surface area contributed by atoms with Gasteiger partial charge in [-0.15, -0.1) is 0 Å². The van der Waals surface area contributed by atoms with Gasteiger partial charge in [-0.05, 0) is 91.2 Å². The van der Waals surface area contributed by atoms with E-state index in [4.69, 9.17) is 23.2 Å². The summed E-state index contributed by atoms with van der Waals surface area (Å²) in [6.07, 6.45) is 1.32. The molecule has 7 heteroatoms. The van der Waals surface area contributed by atoms with Crippen LogP contribution in [0.3, 0.4) is 0 Å². The van der Waals surface area contributed by atoms with E-state index in [1.807, 2.05) is 12.1 Å². The molecule has 0 aliphatic heterocycles. The van der Waals surface area contributed by atoms with Gasteiger partial charge in [0.1, 0.15) is 0 Å². The van der Waals surface area contributed by atoms with E-state index >= 15 is 0 Å². The lowest BCUT2D eigenvalue weighted by atomic mass is 9.42. The number of benzene rings is 2. The number of amides is 1. The molecule has 6 rings (SSSR count). The molecule has 4 saturated carbocycles. The summed E-state index contributed by atoms with van der Waals surface area (Å²) in [6.45, 7) is 0.0596. The summed E-state index contributed by atoms with van der Waals surface area (Å²) >= 11 is 11.8. The molecule has 0 heterocycles. The number of carbonyl (C=O) groups excluding carboxylic acids is 1. The molecule has 32 heavy (non-hydrogen) atoms. The molecular formula is C25H24Cl2F3NO. The first kappa shape index (κ1) is 22.1. The van der Waals surface area contributed by atoms with Crippen LogP contribution in [0.4, 0.5) is 13.2 Å². The predicted molar refractivity (Wildman–Crippen MR) is 119 cm³/mol. The van der Waals surface area contributed by atoms with Gasteiger partial charge in [0.05, 0.1) is 16.0 Å². The van der Waals surface area contributed by atoms with Gasteiger partial charge in [-0.3, -0.25) is 4.79 Å². The largest absolute Gasteiger partial charge is 0.417 e. The molecule has 2 aromatic carbocycles. The Bertz CT molecular complexity index is 1040. The fraction of sp³-hybridized carbons (Fsp3) is 0.480. The normalized spacial score (nSPS) is 31.0. The zero-order valence-electron chi connectivity index (χ0n) is 17.4. The summed E-state index contributed by atoms with van der Waals surface area (Å²) < 4.78 is 39.5. The molecule has 1 N–H and O–H groups in total. The Morgan fingerprint density at radius 1 is 1.00 bits per heavy atom. The van der Waals surface area contributed by atoms with Gasteiger partial charge in [0.2, 0.25) is 5.91 Å². The van der Waals surface area contributed by atoms with E-state index in [0.29, 0.717) is 22.4 Å². The Balaban J connectivity index is 1.37. The molecule has 1 amide bonds. The van der Waals surface area contributed by atoms with E-state index in [1.165, 1.54) is 17.7 Å². The van der Waals surface area contributed by atoms with E-state index in [0.717, 1.165) is 44.6 Å². The Kier molecular flexibility index (Phi) is 5.29. The highest BCUT2D eigenvalue weighted by Crippen LogP contribution is 2.65. The van der Waals surface area contributed by atoms with Gasteiger partial charge in [0.25, 0.3) is 0 Å². The number of hydrogen-bond acceptors (Lipinski definition) is 1. The van der Waals surface area contributed by atoms with Crippen molar-refractivity contribution in [3.63, 3.8) is 0 Å². The second kappa shape index (κ2) is 7.66. The highest BCUT2D eigenvalue weighted by Gasteiger charge is 2.60. The first-order valence-corrected chi connectivity index (χ1v) is 11.7. The lowest BCUT2D eigenvalue weighted by Crippen LogP contribution is -2.59. The Hall–Kier alpha value is -1.72. The van der Waals surface area contributed by atoms with Crippen LogP contribution in [0, 0.1) is 17.3 Å². The second-order valence-electron chi connectivity index (χ2n) is 10.0. The van der Waals surface area contributed by atoms with Crippen LogP contribution >= 0.6 is 23.2 Å². The van der Waals surface area contributed by atoms with Crippen LogP contribution in [0.5, 0.6) is 0 Å². The van der Waals surface area contributed by atoms with Crippen LogP contribution in [-0.2, 0) is 22.9 Å². The van der Waals surface area contributed by atoms with Gasteiger partial charge >= 0.3 is 6.18 Å². The van der Waals surface area contributed by atoms with Crippen molar-refractivity contribution in [1.82, 2.24) is 5.32 Å². The highest BCUT2D eigenvalue weighted by atomic mass is 35.5. The molecule has 2 unspecified atom stereocenters. The molecule has 2 aromatic rings. The quantitative estimate of drug-likeness (QED) is 0.492. The minimum absolute atomic E-state index is 0.0181. The summed E-state index contributed by atoms with van der Waals surface area (Å²) in [5.74, 6) is 0.975. The van der Waals surface area contributed by atoms with E-state index in [2.05, 4.69) is 17.4 Å². The average Bonchev–Trinajstić information content (AvgIpc) is 2.71. The maximum Gasteiger partial charge on any atom is 0.417 e. The molecule has 4 bridgehead atoms. The van der Waals surface area contributed by atoms with Crippen molar-refractivity contribution in [3.8, 4) is 0 Å². The van der Waals surface area contributed by atoms with E-state index in [-0.39, 0.29) is 22.9 Å². The van der Waals surface area contributed by atoms with Gasteiger partial charge in [0, 0.05) is 11.6 Å². The Morgan fingerprint density at radius 2 is 1.66 bits per heavy atom. The van der Waals surface area contributed by atoms with Crippen LogP contribution in [0.1, 0.15) is 55.2 Å². The molecule has 4 aliphatic carbocycles. The van der Waals surface area contributed by atoms with Crippen molar-refractivity contribution in [2.45, 2.75) is 56.7 Å². The molecule has 170 valence electrons. The molecule has 4 aliphatic rings. The second-order valence-corrected chi connectivity index (χ2v) is 10.9. The van der Waals surface area contributed by atoms with E-state index < -0.39 is 17.2 Å². The minimum Gasteiger partial charge on any atom is -0.352 e. The van der Waals surface area contributed by atoms with Gasteiger partial charge < -0.3 is 5.32 Å². The fourth-order valence-electron chi connectivity index (χ4n) is 6.94. The predicted octanol–water partition coefficient (Wildman–Crippen LogP) is 7.17. The minimum atomic E-state index is -4.53. The SMILES string of the molecule is O=C(NCc1ccc(Cl)c(C(F)(F)F)c1)C12CC3CC(C1)CC(c1ccc(Cl)cc1)(C3)C2. The van der Waals surface area contributed by atoms with Crippen molar-refractivity contribution in [2.24, 2.45) is 17.3 Å². The highest BCUT2D eigenvalue weighted by molar-refractivity contribution is 6.31. The first-order chi connectivity index (χ1) is 15.1. The molecule has 2 nitrogen and oxygen atoms in total. The van der Waals surface area contributed by atoms with Crippen LogP contribution in [0.25, 0.3) is 0 Å². The monoisotopic (exact) mass is 481 g/mol. The number of rotatable bonds is 4. The van der Waals surface area contributed by atoms with Crippen molar-refractivity contribution in [3.05, 3.63) is 69.2 Å². The van der Waals surface area contributed by atoms with E-state index in [9.17, 15) is 18.0 Å². The van der Waals surface area contributed by atoms with Crippen LogP contribution < -0.4 is 5.32 Å². The van der Waals surface area contributed by atoms with Crippen molar-refractivity contribution < 1.29 is 18.0 Å². The number of alkyl halides is 3. The summed E-state index contributed by atoms with van der Waals surface area (Å²) in [4.78, 5) is 13.5. The van der Waals surface area contributed by atoms with Gasteiger partial charge in [-0.2, -0.15) is 13.2 Å². The molecule has 0 aromatic heterocycles. The number of halogens is 5. The zero-order valence-corrected chi connectivity index (χ0v) is 19.0. The number of carbonyl (C=O) groups is 1. The number of hydrogen-bond donors (Lipinski definition) is 1. The summed E-state index contributed by atoms with van der Waals surface area (Å²) in [6, 6.07) is 11.8. The van der Waals surface area contributed by atoms with Gasteiger partial charge in [0.15, 0.2) is 0 Å². The number of nitrogens with one attached hydrogen (secondary N) is 1. The van der Waals surface area contributed by atoms with Gasteiger partial charge in [-0.1, -0.05) is 41.4 Å². The maximum absolute atomic E-state index is 13.5. The third-order valence-corrected chi connectivity index (χ3v) is 8.37. The van der Waals surface area contributed by atoms with Crippen LogP contribution in [0.15, 0.2) is 42.5 Å². The molecule has 2 atom stereocenters. The average molecular weight is 482 g/mol. The zero-order chi connectivity index (χ0) is 22.7. The molecule has 0 radical (unpaired) electrons. The fourth-order valence-corrected chi connectivity index (χ4v) is 7.29. The molecular weight excluding hydrogens is 458 g/mol. The van der Waals surface area contributed by atoms with Crippen molar-refractivity contribution in [2.75, 3.05) is 0 Å². The Labute approximate surface area is 195 Å². The summed E-state index contributed by atoms with van der Waals surface area (Å²) in [5.41, 5.74) is 0.300. The smallest absolute Gasteiger partial charge is 0.352 e. The van der Waals surface area contributed by atoms with Crippen LogP contribution in [0.2, 0.25) is 10.0 Å². The van der Waals surface area contributed by atoms with Gasteiger partial charge in [-0.25, -0.2) is 0 Å². The summed E-state index contributed by atoms with van der Waals surface area (Å²) in [5, 5.41) is 3.33. The topological polar surface area (TPSA) is 29.1 Å². The summed E-state index contributed by atoms with van der Waals surface area (Å²) in [7, 11) is 0. The molecule has 4 fully saturated rings. The first-order valence-electron chi connectivity index (χ1n) is 11.0. The third-order valence-electron chi connectivity index (χ3n) is 7.79. The molecule has 0 saturated heterocycles. The van der Waals surface area contributed by atoms with Crippen molar-refractivity contribution >= 4 is 29.1 Å². The lowest BCUT2D eigenvalue weighted by molar-refractivity contribution is -0.149. The Morgan fingerprint density at radius 3 is 2.28 bits per heavy atom. The lowest BCUT2D eigenvalue weighted by Gasteiger charge is -2.61. The van der Waals surface area contributed by atoms with Crippen LogP contribution in [-0.4, -0.2) is 5.91 Å². The standard InChI is InChI=1S/C25H24Cl2F3NO/c26-19-4-2-18(3-5-19)23-9-16-7-17(10-23)12-24(11-16,14-23)22(32)31-13-15-1-6-21(27)20(8-15)25(28,29)30/h1-6,8,16-17H,7,9-14H2,(H,31,32). The third kappa shape index (κ3) is 3.81. The molecule has 0 spiro atoms. The van der Waals surface area contributed by atoms with Crippen molar-refractivity contribution in [1.29, 1.82) is 0 Å².